The number of anilines is 1. The van der Waals surface area contributed by atoms with Gasteiger partial charge in [0, 0.05) is 35.3 Å². The first-order valence-corrected chi connectivity index (χ1v) is 8.97. The first-order valence-electron chi connectivity index (χ1n) is 8.59. The zero-order valence-electron chi connectivity index (χ0n) is 13.8. The molecule has 5 heteroatoms. The number of halogens is 1. The zero-order valence-corrected chi connectivity index (χ0v) is 14.6. The Bertz CT molecular complexity index is 845. The Kier molecular flexibility index (Phi) is 4.22. The van der Waals surface area contributed by atoms with Gasteiger partial charge in [0.2, 0.25) is 5.91 Å². The van der Waals surface area contributed by atoms with Crippen LogP contribution in [0, 0.1) is 5.92 Å². The summed E-state index contributed by atoms with van der Waals surface area (Å²) in [5.74, 6) is 0.314. The van der Waals surface area contributed by atoms with E-state index in [9.17, 15) is 9.59 Å². The van der Waals surface area contributed by atoms with Crippen LogP contribution in [0.15, 0.2) is 42.5 Å². The summed E-state index contributed by atoms with van der Waals surface area (Å²) in [5.41, 5.74) is 3.53. The third kappa shape index (κ3) is 3.27. The summed E-state index contributed by atoms with van der Waals surface area (Å²) >= 11 is 6.12. The fraction of sp³-hybridized carbons (Fsp3) is 0.300. The third-order valence-corrected chi connectivity index (χ3v) is 5.20. The van der Waals surface area contributed by atoms with E-state index in [1.165, 1.54) is 0 Å². The fourth-order valence-electron chi connectivity index (χ4n) is 3.24. The van der Waals surface area contributed by atoms with Gasteiger partial charge in [-0.1, -0.05) is 29.8 Å². The van der Waals surface area contributed by atoms with E-state index in [0.717, 1.165) is 42.6 Å². The molecular formula is C20H19ClN2O2. The van der Waals surface area contributed by atoms with Crippen molar-refractivity contribution < 1.29 is 9.59 Å². The number of amides is 2. The quantitative estimate of drug-likeness (QED) is 0.912. The minimum Gasteiger partial charge on any atom is -0.348 e. The maximum atomic E-state index is 12.4. The van der Waals surface area contributed by atoms with Crippen LogP contribution in [0.1, 0.15) is 34.3 Å². The number of nitrogens with zero attached hydrogens (tertiary/aromatic N) is 1. The molecule has 0 atom stereocenters. The number of nitrogens with one attached hydrogen (secondary N) is 1. The van der Waals surface area contributed by atoms with Gasteiger partial charge in [-0.3, -0.25) is 9.59 Å². The molecule has 1 aliphatic carbocycles. The minimum absolute atomic E-state index is 0.130. The summed E-state index contributed by atoms with van der Waals surface area (Å²) in [5, 5.41) is 3.55. The number of rotatable bonds is 4. The van der Waals surface area contributed by atoms with Crippen LogP contribution in [-0.4, -0.2) is 18.4 Å². The molecule has 0 unspecified atom stereocenters. The second kappa shape index (κ2) is 6.52. The van der Waals surface area contributed by atoms with E-state index >= 15 is 0 Å². The number of hydrogen-bond acceptors (Lipinski definition) is 2. The molecule has 2 aliphatic rings. The summed E-state index contributed by atoms with van der Waals surface area (Å²) < 4.78 is 0. The van der Waals surface area contributed by atoms with E-state index in [4.69, 9.17) is 11.6 Å². The van der Waals surface area contributed by atoms with E-state index in [1.807, 2.05) is 41.3 Å². The molecule has 4 rings (SSSR count). The smallest absolute Gasteiger partial charge is 0.251 e. The molecule has 128 valence electrons. The van der Waals surface area contributed by atoms with Crippen molar-refractivity contribution in [2.24, 2.45) is 5.92 Å². The van der Waals surface area contributed by atoms with Crippen molar-refractivity contribution in [1.29, 1.82) is 0 Å². The maximum Gasteiger partial charge on any atom is 0.251 e. The van der Waals surface area contributed by atoms with E-state index < -0.39 is 0 Å². The molecule has 2 aromatic rings. The molecule has 1 N–H and O–H groups in total. The Morgan fingerprint density at radius 1 is 1.16 bits per heavy atom. The first kappa shape index (κ1) is 16.2. The molecule has 0 saturated heterocycles. The average molecular weight is 355 g/mol. The van der Waals surface area contributed by atoms with Gasteiger partial charge in [0.25, 0.3) is 5.91 Å². The summed E-state index contributed by atoms with van der Waals surface area (Å²) in [6.07, 6.45) is 2.82. The number of carbonyl (C=O) groups is 2. The van der Waals surface area contributed by atoms with Gasteiger partial charge in [-0.2, -0.15) is 0 Å². The standard InChI is InChI=1S/C20H19ClN2O2/c21-17-4-2-1-3-16(17)12-22-19(24)15-7-8-18-14(11-15)9-10-23(18)20(25)13-5-6-13/h1-4,7-8,11,13H,5-6,9-10,12H2,(H,22,24). The average Bonchev–Trinajstić information content (AvgIpc) is 3.39. The molecule has 1 heterocycles. The molecule has 0 spiro atoms. The van der Waals surface area contributed by atoms with Gasteiger partial charge in [0.1, 0.15) is 0 Å². The van der Waals surface area contributed by atoms with Crippen LogP contribution in [0.5, 0.6) is 0 Å². The van der Waals surface area contributed by atoms with E-state index in [-0.39, 0.29) is 17.7 Å². The summed E-state index contributed by atoms with van der Waals surface area (Å²) in [4.78, 5) is 26.6. The monoisotopic (exact) mass is 354 g/mol. The van der Waals surface area contributed by atoms with Gasteiger partial charge in [-0.25, -0.2) is 0 Å². The Morgan fingerprint density at radius 3 is 2.72 bits per heavy atom. The Hall–Kier alpha value is -2.33. The lowest BCUT2D eigenvalue weighted by atomic mass is 10.1. The van der Waals surface area contributed by atoms with E-state index in [0.29, 0.717) is 17.1 Å². The third-order valence-electron chi connectivity index (χ3n) is 4.83. The molecule has 0 aromatic heterocycles. The largest absolute Gasteiger partial charge is 0.348 e. The van der Waals surface area contributed by atoms with Crippen LogP contribution in [0.3, 0.4) is 0 Å². The highest BCUT2D eigenvalue weighted by molar-refractivity contribution is 6.31. The molecule has 2 amide bonds. The van der Waals surface area contributed by atoms with Crippen LogP contribution < -0.4 is 10.2 Å². The van der Waals surface area contributed by atoms with Crippen LogP contribution >= 0.6 is 11.6 Å². The van der Waals surface area contributed by atoms with E-state index in [1.54, 1.807) is 6.07 Å². The lowest BCUT2D eigenvalue weighted by Crippen LogP contribution is -2.30. The Labute approximate surface area is 151 Å². The van der Waals surface area contributed by atoms with Crippen molar-refractivity contribution >= 4 is 29.1 Å². The topological polar surface area (TPSA) is 49.4 Å². The van der Waals surface area contributed by atoms with Crippen molar-refractivity contribution in [3.05, 3.63) is 64.2 Å². The highest BCUT2D eigenvalue weighted by Crippen LogP contribution is 2.36. The van der Waals surface area contributed by atoms with Crippen molar-refractivity contribution in [2.75, 3.05) is 11.4 Å². The zero-order chi connectivity index (χ0) is 17.4. The molecule has 4 nitrogen and oxygen atoms in total. The highest BCUT2D eigenvalue weighted by atomic mass is 35.5. The number of hydrogen-bond donors (Lipinski definition) is 1. The maximum absolute atomic E-state index is 12.4. The molecule has 1 aliphatic heterocycles. The number of fused-ring (bicyclic) bond motifs is 1. The Morgan fingerprint density at radius 2 is 1.96 bits per heavy atom. The van der Waals surface area contributed by atoms with E-state index in [2.05, 4.69) is 5.32 Å². The van der Waals surface area contributed by atoms with Gasteiger partial charge < -0.3 is 10.2 Å². The molecule has 2 aromatic carbocycles. The predicted molar refractivity (Wildman–Crippen MR) is 97.8 cm³/mol. The minimum atomic E-state index is -0.130. The molecular weight excluding hydrogens is 336 g/mol. The molecule has 25 heavy (non-hydrogen) atoms. The number of benzene rings is 2. The predicted octanol–water partition coefficient (Wildman–Crippen LogP) is 3.57. The lowest BCUT2D eigenvalue weighted by molar-refractivity contribution is -0.119. The van der Waals surface area contributed by atoms with Gasteiger partial charge in [-0.15, -0.1) is 0 Å². The SMILES string of the molecule is O=C(NCc1ccccc1Cl)c1ccc2c(c1)CCN2C(=O)C1CC1. The van der Waals surface area contributed by atoms with Gasteiger partial charge >= 0.3 is 0 Å². The summed E-state index contributed by atoms with van der Waals surface area (Å²) in [7, 11) is 0. The lowest BCUT2D eigenvalue weighted by Gasteiger charge is -2.17. The van der Waals surface area contributed by atoms with Gasteiger partial charge in [0.05, 0.1) is 0 Å². The fourth-order valence-corrected chi connectivity index (χ4v) is 3.44. The number of carbonyl (C=O) groups excluding carboxylic acids is 2. The van der Waals surface area contributed by atoms with Gasteiger partial charge in [-0.05, 0) is 54.7 Å². The van der Waals surface area contributed by atoms with Crippen LogP contribution in [0.4, 0.5) is 5.69 Å². The summed E-state index contributed by atoms with van der Waals surface area (Å²) in [6.45, 7) is 1.11. The second-order valence-electron chi connectivity index (χ2n) is 6.63. The normalized spacial score (nSPS) is 15.8. The second-order valence-corrected chi connectivity index (χ2v) is 7.04. The van der Waals surface area contributed by atoms with Crippen LogP contribution in [0.25, 0.3) is 0 Å². The highest BCUT2D eigenvalue weighted by Gasteiger charge is 2.36. The Balaban J connectivity index is 1.46. The van der Waals surface area contributed by atoms with Crippen LogP contribution in [0.2, 0.25) is 5.02 Å². The van der Waals surface area contributed by atoms with Crippen molar-refractivity contribution in [1.82, 2.24) is 5.32 Å². The van der Waals surface area contributed by atoms with Crippen molar-refractivity contribution in [2.45, 2.75) is 25.8 Å². The van der Waals surface area contributed by atoms with Crippen molar-refractivity contribution in [3.8, 4) is 0 Å². The molecule has 0 radical (unpaired) electrons. The van der Waals surface area contributed by atoms with Gasteiger partial charge in [0.15, 0.2) is 0 Å². The summed E-state index contributed by atoms with van der Waals surface area (Å²) in [6, 6.07) is 13.1. The molecule has 0 bridgehead atoms. The van der Waals surface area contributed by atoms with Crippen LogP contribution in [-0.2, 0) is 17.8 Å². The first-order chi connectivity index (χ1) is 12.1. The van der Waals surface area contributed by atoms with Crippen molar-refractivity contribution in [3.63, 3.8) is 0 Å². The molecule has 1 saturated carbocycles. The molecule has 1 fully saturated rings.